The van der Waals surface area contributed by atoms with Gasteiger partial charge in [0.25, 0.3) is 5.78 Å². The van der Waals surface area contributed by atoms with E-state index in [-0.39, 0.29) is 40.9 Å². The number of carbonyl (C=O) groups is 2. The summed E-state index contributed by atoms with van der Waals surface area (Å²) in [7, 11) is 0. The summed E-state index contributed by atoms with van der Waals surface area (Å²) in [6.07, 6.45) is -13.2. The van der Waals surface area contributed by atoms with Crippen LogP contribution in [-0.4, -0.2) is 88.7 Å². The Bertz CT molecular complexity index is 1620. The van der Waals surface area contributed by atoms with Crippen LogP contribution in [0.2, 0.25) is 0 Å². The molecule has 0 saturated heterocycles. The summed E-state index contributed by atoms with van der Waals surface area (Å²) in [5, 5.41) is -13.0. The number of hydrogen-bond acceptors (Lipinski definition) is 6. The maximum atomic E-state index is 13.2. The van der Waals surface area contributed by atoms with Crippen molar-refractivity contribution in [2.24, 2.45) is 0 Å². The quantitative estimate of drug-likeness (QED) is 0.0590. The molecule has 29 heteroatoms. The SMILES string of the molecule is O=C(COS(=O)C(F)(F)C(F)(F)C(F)(F)C(F)(F)F)c1ccccc1.O=S([O-])C(F)(F)C(F)(F)C(F)(F)C(F)(F)F.[N-]=[N+]=CC(=O)c1ccccc1.[Na+]. The maximum Gasteiger partial charge on any atom is 1.00 e. The van der Waals surface area contributed by atoms with Crippen LogP contribution in [0.1, 0.15) is 20.7 Å². The second kappa shape index (κ2) is 19.1. The van der Waals surface area contributed by atoms with Crippen molar-refractivity contribution < 1.29 is 140 Å². The predicted octanol–water partition coefficient (Wildman–Crippen LogP) is 4.44. The molecule has 0 aliphatic rings. The average molecular weight is 854 g/mol. The molecule has 0 bridgehead atoms. The van der Waals surface area contributed by atoms with Crippen molar-refractivity contribution in [1.29, 1.82) is 0 Å². The number of hydrogen-bond donors (Lipinski definition) is 0. The Hall–Kier alpha value is -2.88. The van der Waals surface area contributed by atoms with Gasteiger partial charge in [0.05, 0.1) is 0 Å². The minimum atomic E-state index is -7.19. The Balaban J connectivity index is 0. The van der Waals surface area contributed by atoms with Crippen molar-refractivity contribution in [3.8, 4) is 0 Å². The Labute approximate surface area is 309 Å². The van der Waals surface area contributed by atoms with Gasteiger partial charge in [-0.25, -0.2) is 4.21 Å². The molecule has 0 saturated carbocycles. The second-order valence-electron chi connectivity index (χ2n) is 8.82. The zero-order valence-electron chi connectivity index (χ0n) is 25.0. The molecule has 53 heavy (non-hydrogen) atoms. The molecule has 294 valence electrons. The summed E-state index contributed by atoms with van der Waals surface area (Å²) in [5.41, 5.74) is 8.38. The van der Waals surface area contributed by atoms with Gasteiger partial charge in [-0.2, -0.15) is 83.8 Å². The van der Waals surface area contributed by atoms with Crippen LogP contribution >= 0.6 is 0 Å². The van der Waals surface area contributed by atoms with Gasteiger partial charge in [-0.1, -0.05) is 60.7 Å². The van der Waals surface area contributed by atoms with Crippen LogP contribution in [-0.2, 0) is 26.3 Å². The number of ketones is 2. The molecule has 2 rings (SSSR count). The van der Waals surface area contributed by atoms with Gasteiger partial charge < -0.3 is 10.1 Å². The molecule has 0 fully saturated rings. The molecule has 0 spiro atoms. The number of Topliss-reactive ketones (excluding diaryl/α,β-unsaturated/α-hetero) is 2. The molecule has 8 nitrogen and oxygen atoms in total. The van der Waals surface area contributed by atoms with Crippen LogP contribution in [0.5, 0.6) is 0 Å². The molecule has 0 heterocycles. The van der Waals surface area contributed by atoms with E-state index < -0.39 is 81.1 Å². The number of benzene rings is 2. The van der Waals surface area contributed by atoms with Gasteiger partial charge in [-0.05, 0) is 0 Å². The first-order valence-corrected chi connectivity index (χ1v) is 14.2. The van der Waals surface area contributed by atoms with Gasteiger partial charge in [-0.3, -0.25) is 18.0 Å². The van der Waals surface area contributed by atoms with Gasteiger partial charge in [0.1, 0.15) is 6.61 Å². The first kappa shape index (κ1) is 52.2. The standard InChI is InChI=1S/C12H7F9O3S.C8H6N2O.C4HF9O2S.Na/c13-9(14,11(17,18)19)10(15,16)12(20,21)25(23)24-6-8(22)7-4-2-1-3-5-7;9-10-6-8(11)7-4-2-1-3-5-7;5-1(6,3(9,10)11)2(7,8)4(12,13)16(14)15;/h1-5H,6H2;1-6H;(H,14,15);/q;;;+1/p-1. The molecule has 0 N–H and O–H groups in total. The van der Waals surface area contributed by atoms with Gasteiger partial charge in [-0.15, -0.1) is 0 Å². The summed E-state index contributed by atoms with van der Waals surface area (Å²) in [6.45, 7) is -1.51. The van der Waals surface area contributed by atoms with E-state index in [9.17, 15) is 102 Å². The molecule has 2 aromatic carbocycles. The molecular weight excluding hydrogens is 841 g/mol. The summed E-state index contributed by atoms with van der Waals surface area (Å²) in [5.74, 6) is -30.0. The fourth-order valence-corrected chi connectivity index (χ4v) is 3.59. The van der Waals surface area contributed by atoms with Gasteiger partial charge >= 0.3 is 82.3 Å². The summed E-state index contributed by atoms with van der Waals surface area (Å²) in [4.78, 5) is 25.0. The fraction of sp³-hybridized carbons (Fsp3) is 0.375. The predicted molar refractivity (Wildman–Crippen MR) is 136 cm³/mol. The van der Waals surface area contributed by atoms with E-state index in [1.165, 1.54) is 18.2 Å². The van der Waals surface area contributed by atoms with E-state index in [1.54, 1.807) is 24.3 Å². The molecule has 0 aliphatic carbocycles. The zero-order valence-corrected chi connectivity index (χ0v) is 28.7. The van der Waals surface area contributed by atoms with Crippen molar-refractivity contribution >= 4 is 39.9 Å². The van der Waals surface area contributed by atoms with Crippen LogP contribution in [0.4, 0.5) is 79.0 Å². The smallest absolute Gasteiger partial charge is 0.768 e. The molecule has 0 aromatic heterocycles. The first-order valence-electron chi connectivity index (χ1n) is 12.1. The normalized spacial score (nSPS) is 14.1. The van der Waals surface area contributed by atoms with Gasteiger partial charge in [0.2, 0.25) is 11.1 Å². The van der Waals surface area contributed by atoms with Crippen molar-refractivity contribution in [2.75, 3.05) is 6.61 Å². The van der Waals surface area contributed by atoms with Crippen LogP contribution in [0.25, 0.3) is 5.53 Å². The number of rotatable bonds is 12. The Kier molecular flexibility index (Phi) is 18.8. The first-order chi connectivity index (χ1) is 23.2. The molecule has 2 unspecified atom stereocenters. The Morgan fingerprint density at radius 3 is 1.28 bits per heavy atom. The second-order valence-corrected chi connectivity index (χ2v) is 11.0. The Morgan fingerprint density at radius 2 is 0.962 bits per heavy atom. The van der Waals surface area contributed by atoms with Crippen LogP contribution < -0.4 is 29.6 Å². The van der Waals surface area contributed by atoms with E-state index >= 15 is 0 Å². The van der Waals surface area contributed by atoms with Crippen molar-refractivity contribution in [2.45, 2.75) is 46.6 Å². The van der Waals surface area contributed by atoms with Crippen LogP contribution in [0.15, 0.2) is 60.7 Å². The molecule has 2 atom stereocenters. The number of nitrogens with zero attached hydrogens (tertiary/aromatic N) is 2. The van der Waals surface area contributed by atoms with E-state index in [4.69, 9.17) is 5.53 Å². The monoisotopic (exact) mass is 854 g/mol. The molecule has 2 aromatic rings. The van der Waals surface area contributed by atoms with Gasteiger partial charge in [0.15, 0.2) is 5.78 Å². The average Bonchev–Trinajstić information content (AvgIpc) is 3.03. The molecule has 0 aliphatic heterocycles. The minimum Gasteiger partial charge on any atom is -0.768 e. The number of alkyl halides is 18. The molecular formula is C24H13F18N2NaO6S2. The van der Waals surface area contributed by atoms with Crippen LogP contribution in [0, 0.1) is 0 Å². The van der Waals surface area contributed by atoms with E-state index in [2.05, 4.69) is 8.97 Å². The van der Waals surface area contributed by atoms with E-state index in [0.29, 0.717) is 5.56 Å². The van der Waals surface area contributed by atoms with Crippen LogP contribution in [0.3, 0.4) is 0 Å². The molecule has 0 amide bonds. The largest absolute Gasteiger partial charge is 1.00 e. The van der Waals surface area contributed by atoms with Gasteiger partial charge in [0, 0.05) is 22.2 Å². The number of halogens is 18. The zero-order chi connectivity index (χ0) is 41.4. The van der Waals surface area contributed by atoms with E-state index in [0.717, 1.165) is 18.3 Å². The van der Waals surface area contributed by atoms with Crippen molar-refractivity contribution in [1.82, 2.24) is 0 Å². The van der Waals surface area contributed by atoms with Crippen molar-refractivity contribution in [3.05, 3.63) is 77.3 Å². The maximum absolute atomic E-state index is 13.2. The number of carbonyl (C=O) groups excluding carboxylic acids is 2. The summed E-state index contributed by atoms with van der Waals surface area (Å²) in [6, 6.07) is 15.0. The summed E-state index contributed by atoms with van der Waals surface area (Å²) < 4.78 is 253. The third kappa shape index (κ3) is 12.1. The third-order valence-electron chi connectivity index (χ3n) is 5.28. The Morgan fingerprint density at radius 1 is 0.623 bits per heavy atom. The summed E-state index contributed by atoms with van der Waals surface area (Å²) >= 11 is -9.80. The topological polar surface area (TPSA) is 137 Å². The van der Waals surface area contributed by atoms with Crippen molar-refractivity contribution in [3.63, 3.8) is 0 Å². The van der Waals surface area contributed by atoms with E-state index in [1.807, 2.05) is 6.07 Å². The molecule has 0 radical (unpaired) electrons. The fourth-order valence-electron chi connectivity index (χ4n) is 2.55. The minimum absolute atomic E-state index is 0. The third-order valence-corrected chi connectivity index (χ3v) is 6.96.